The van der Waals surface area contributed by atoms with Gasteiger partial charge in [-0.3, -0.25) is 0 Å². The van der Waals surface area contributed by atoms with Crippen molar-refractivity contribution in [2.45, 2.75) is 64.4 Å². The van der Waals surface area contributed by atoms with Gasteiger partial charge in [0.05, 0.1) is 0 Å². The molecular weight excluding hydrogens is 331 g/mol. The van der Waals surface area contributed by atoms with Crippen molar-refractivity contribution in [3.63, 3.8) is 0 Å². The highest BCUT2D eigenvalue weighted by Gasteiger charge is 2.36. The number of rotatable bonds is 7. The van der Waals surface area contributed by atoms with Crippen LogP contribution in [0.15, 0.2) is 24.5 Å². The molecule has 1 heterocycles. The SMILES string of the molecule is CCCCCCC[n+]1ccc(CC)cc1.O=S(=O)([O-])C(F)(F)F. The van der Waals surface area contributed by atoms with Crippen LogP contribution in [0.25, 0.3) is 0 Å². The first kappa shape index (κ1) is 21.9. The second-order valence-corrected chi connectivity index (χ2v) is 6.48. The lowest BCUT2D eigenvalue weighted by Gasteiger charge is -2.08. The summed E-state index contributed by atoms with van der Waals surface area (Å²) in [5.41, 5.74) is -4.22. The summed E-state index contributed by atoms with van der Waals surface area (Å²) in [7, 11) is -6.09. The zero-order valence-electron chi connectivity index (χ0n) is 13.5. The number of nitrogens with zero attached hydrogens (tertiary/aromatic N) is 1. The molecule has 0 amide bonds. The van der Waals surface area contributed by atoms with E-state index in [1.54, 1.807) is 0 Å². The van der Waals surface area contributed by atoms with Gasteiger partial charge >= 0.3 is 5.51 Å². The molecule has 0 aliphatic carbocycles. The molecule has 1 aromatic rings. The van der Waals surface area contributed by atoms with Gasteiger partial charge in [0.2, 0.25) is 0 Å². The second-order valence-electron chi connectivity index (χ2n) is 5.11. The number of pyridine rings is 1. The smallest absolute Gasteiger partial charge is 0.485 e. The topological polar surface area (TPSA) is 61.1 Å². The Hall–Kier alpha value is -1.15. The van der Waals surface area contributed by atoms with Crippen molar-refractivity contribution in [1.29, 1.82) is 0 Å². The first-order valence-electron chi connectivity index (χ1n) is 7.62. The van der Waals surface area contributed by atoms with E-state index in [4.69, 9.17) is 13.0 Å². The summed E-state index contributed by atoms with van der Waals surface area (Å²) in [5.74, 6) is 0. The fourth-order valence-electron chi connectivity index (χ4n) is 1.77. The summed E-state index contributed by atoms with van der Waals surface area (Å²) in [6.07, 6.45) is 12.4. The van der Waals surface area contributed by atoms with E-state index in [0.29, 0.717) is 0 Å². The third kappa shape index (κ3) is 10.3. The van der Waals surface area contributed by atoms with Crippen molar-refractivity contribution in [1.82, 2.24) is 0 Å². The Morgan fingerprint density at radius 2 is 1.52 bits per heavy atom. The van der Waals surface area contributed by atoms with Crippen molar-refractivity contribution in [2.24, 2.45) is 0 Å². The monoisotopic (exact) mass is 355 g/mol. The van der Waals surface area contributed by atoms with Gasteiger partial charge in [0.1, 0.15) is 6.54 Å². The zero-order chi connectivity index (χ0) is 17.9. The molecule has 0 aliphatic rings. The summed E-state index contributed by atoms with van der Waals surface area (Å²) in [6, 6.07) is 4.46. The number of hydrogen-bond acceptors (Lipinski definition) is 3. The Labute approximate surface area is 136 Å². The normalized spacial score (nSPS) is 11.7. The van der Waals surface area contributed by atoms with E-state index in [2.05, 4.69) is 42.9 Å². The molecule has 0 saturated carbocycles. The van der Waals surface area contributed by atoms with E-state index < -0.39 is 15.6 Å². The Kier molecular flexibility index (Phi) is 10.1. The highest BCUT2D eigenvalue weighted by molar-refractivity contribution is 7.86. The number of aryl methyl sites for hydroxylation is 2. The van der Waals surface area contributed by atoms with Crippen LogP contribution in [-0.4, -0.2) is 18.5 Å². The van der Waals surface area contributed by atoms with Gasteiger partial charge in [-0.15, -0.1) is 0 Å². The van der Waals surface area contributed by atoms with E-state index in [1.807, 2.05) is 0 Å². The summed E-state index contributed by atoms with van der Waals surface area (Å²) in [4.78, 5) is 0. The molecular formula is C15H24F3NO3S. The van der Waals surface area contributed by atoms with Gasteiger partial charge in [-0.05, 0) is 18.4 Å². The van der Waals surface area contributed by atoms with Crippen LogP contribution >= 0.6 is 0 Å². The van der Waals surface area contributed by atoms with Crippen LogP contribution in [0.5, 0.6) is 0 Å². The second kappa shape index (κ2) is 10.6. The van der Waals surface area contributed by atoms with Crippen LogP contribution in [0.1, 0.15) is 51.5 Å². The van der Waals surface area contributed by atoms with Gasteiger partial charge in [0.25, 0.3) is 0 Å². The minimum absolute atomic E-state index is 1.14. The van der Waals surface area contributed by atoms with Crippen molar-refractivity contribution in [3.8, 4) is 0 Å². The maximum absolute atomic E-state index is 10.7. The van der Waals surface area contributed by atoms with Crippen LogP contribution in [0, 0.1) is 0 Å². The van der Waals surface area contributed by atoms with E-state index in [-0.39, 0.29) is 0 Å². The lowest BCUT2D eigenvalue weighted by atomic mass is 10.1. The van der Waals surface area contributed by atoms with Crippen LogP contribution < -0.4 is 4.57 Å². The number of alkyl halides is 3. The molecule has 1 aromatic heterocycles. The first-order chi connectivity index (χ1) is 10.6. The molecule has 0 saturated heterocycles. The number of halogens is 3. The highest BCUT2D eigenvalue weighted by atomic mass is 32.2. The lowest BCUT2D eigenvalue weighted by Crippen LogP contribution is -2.32. The molecule has 0 spiro atoms. The molecule has 8 heteroatoms. The molecule has 0 unspecified atom stereocenters. The van der Waals surface area contributed by atoms with E-state index >= 15 is 0 Å². The molecule has 23 heavy (non-hydrogen) atoms. The minimum atomic E-state index is -6.09. The molecule has 0 N–H and O–H groups in total. The minimum Gasteiger partial charge on any atom is -0.741 e. The molecule has 134 valence electrons. The van der Waals surface area contributed by atoms with Gasteiger partial charge in [0, 0.05) is 18.6 Å². The van der Waals surface area contributed by atoms with E-state index in [1.165, 1.54) is 44.2 Å². The largest absolute Gasteiger partial charge is 0.741 e. The molecule has 1 rings (SSSR count). The highest BCUT2D eigenvalue weighted by Crippen LogP contribution is 2.20. The molecule has 0 aromatic carbocycles. The predicted octanol–water partition coefficient (Wildman–Crippen LogP) is 3.56. The van der Waals surface area contributed by atoms with Crippen molar-refractivity contribution >= 4 is 10.1 Å². The van der Waals surface area contributed by atoms with Gasteiger partial charge in [-0.2, -0.15) is 13.2 Å². The number of hydrogen-bond donors (Lipinski definition) is 0. The summed E-state index contributed by atoms with van der Waals surface area (Å²) in [5, 5.41) is 0. The Morgan fingerprint density at radius 3 is 1.91 bits per heavy atom. The third-order valence-corrected chi connectivity index (χ3v) is 3.74. The summed E-state index contributed by atoms with van der Waals surface area (Å²) >= 11 is 0. The van der Waals surface area contributed by atoms with Crippen LogP contribution in [0.3, 0.4) is 0 Å². The maximum atomic E-state index is 10.7. The quantitative estimate of drug-likeness (QED) is 0.325. The van der Waals surface area contributed by atoms with Crippen molar-refractivity contribution < 1.29 is 30.7 Å². The predicted molar refractivity (Wildman–Crippen MR) is 80.5 cm³/mol. The molecule has 0 radical (unpaired) electrons. The maximum Gasteiger partial charge on any atom is 0.485 e. The van der Waals surface area contributed by atoms with Crippen LogP contribution in [0.2, 0.25) is 0 Å². The molecule has 0 fully saturated rings. The summed E-state index contributed by atoms with van der Waals surface area (Å²) in [6.45, 7) is 5.64. The Balaban J connectivity index is 0.000000515. The average molecular weight is 355 g/mol. The third-order valence-electron chi connectivity index (χ3n) is 3.17. The van der Waals surface area contributed by atoms with Crippen LogP contribution in [0.4, 0.5) is 13.2 Å². The molecule has 0 bridgehead atoms. The molecule has 0 atom stereocenters. The van der Waals surface area contributed by atoms with Crippen molar-refractivity contribution in [2.75, 3.05) is 0 Å². The van der Waals surface area contributed by atoms with Gasteiger partial charge in [-0.1, -0.05) is 33.1 Å². The van der Waals surface area contributed by atoms with E-state index in [0.717, 1.165) is 6.42 Å². The van der Waals surface area contributed by atoms with Crippen LogP contribution in [-0.2, 0) is 23.1 Å². The standard InChI is InChI=1S/C14H24N.CHF3O3S/c1-3-5-6-7-8-11-15-12-9-14(4-2)10-13-15;2-1(3,4)8(5,6)7/h9-10,12-13H,3-8,11H2,1-2H3;(H,5,6,7)/q+1;/p-1. The Bertz CT molecular complexity index is 528. The number of aromatic nitrogens is 1. The molecule has 4 nitrogen and oxygen atoms in total. The zero-order valence-corrected chi connectivity index (χ0v) is 14.3. The van der Waals surface area contributed by atoms with Gasteiger partial charge in [-0.25, -0.2) is 13.0 Å². The average Bonchev–Trinajstić information content (AvgIpc) is 2.46. The summed E-state index contributed by atoms with van der Waals surface area (Å²) < 4.78 is 61.2. The number of unbranched alkanes of at least 4 members (excludes halogenated alkanes) is 4. The fraction of sp³-hybridized carbons (Fsp3) is 0.667. The Morgan fingerprint density at radius 1 is 1.04 bits per heavy atom. The first-order valence-corrected chi connectivity index (χ1v) is 9.02. The lowest BCUT2D eigenvalue weighted by molar-refractivity contribution is -0.697. The van der Waals surface area contributed by atoms with Gasteiger partial charge in [0.15, 0.2) is 22.5 Å². The molecule has 0 aliphatic heterocycles. The van der Waals surface area contributed by atoms with Gasteiger partial charge < -0.3 is 4.55 Å². The fourth-order valence-corrected chi connectivity index (χ4v) is 1.77. The van der Waals surface area contributed by atoms with Crippen molar-refractivity contribution in [3.05, 3.63) is 30.1 Å². The van der Waals surface area contributed by atoms with E-state index in [9.17, 15) is 13.2 Å².